The van der Waals surface area contributed by atoms with Gasteiger partial charge in [0.05, 0.1) is 0 Å². The van der Waals surface area contributed by atoms with Gasteiger partial charge in [-0.25, -0.2) is 9.59 Å². The Kier molecular flexibility index (Phi) is 7.48. The SMILES string of the molecule is CC(C)[C@@H](NC(=O)OCC1c2ccccc2-c2ccccc21)C(=O)NC(CCO)C(=O)O. The van der Waals surface area contributed by atoms with Crippen LogP contribution in [0.5, 0.6) is 0 Å². The molecule has 1 unspecified atom stereocenters. The van der Waals surface area contributed by atoms with E-state index in [2.05, 4.69) is 10.6 Å². The van der Waals surface area contributed by atoms with Crippen molar-refractivity contribution in [3.05, 3.63) is 59.7 Å². The van der Waals surface area contributed by atoms with Crippen LogP contribution < -0.4 is 10.6 Å². The first kappa shape index (κ1) is 23.3. The molecule has 32 heavy (non-hydrogen) atoms. The molecule has 0 aromatic heterocycles. The average molecular weight is 440 g/mol. The van der Waals surface area contributed by atoms with Crippen LogP contribution in [0.15, 0.2) is 48.5 Å². The van der Waals surface area contributed by atoms with Crippen LogP contribution in [0.1, 0.15) is 37.3 Å². The van der Waals surface area contributed by atoms with Crippen LogP contribution in [0, 0.1) is 5.92 Å². The van der Waals surface area contributed by atoms with E-state index in [0.29, 0.717) is 0 Å². The van der Waals surface area contributed by atoms with E-state index in [4.69, 9.17) is 9.84 Å². The fourth-order valence-corrected chi connectivity index (χ4v) is 3.95. The van der Waals surface area contributed by atoms with Crippen LogP contribution >= 0.6 is 0 Å². The highest BCUT2D eigenvalue weighted by molar-refractivity contribution is 5.89. The zero-order valence-electron chi connectivity index (χ0n) is 18.1. The topological polar surface area (TPSA) is 125 Å². The van der Waals surface area contributed by atoms with Crippen LogP contribution in [-0.2, 0) is 14.3 Å². The lowest BCUT2D eigenvalue weighted by Crippen LogP contribution is -2.54. The molecular formula is C24H28N2O6. The Morgan fingerprint density at radius 2 is 1.53 bits per heavy atom. The van der Waals surface area contributed by atoms with Gasteiger partial charge in [-0.3, -0.25) is 4.79 Å². The summed E-state index contributed by atoms with van der Waals surface area (Å²) in [6.45, 7) is 3.18. The fourth-order valence-electron chi connectivity index (χ4n) is 3.95. The van der Waals surface area contributed by atoms with E-state index in [0.717, 1.165) is 22.3 Å². The Labute approximate surface area is 186 Å². The number of fused-ring (bicyclic) bond motifs is 3. The van der Waals surface area contributed by atoms with Crippen molar-refractivity contribution in [2.75, 3.05) is 13.2 Å². The van der Waals surface area contributed by atoms with Gasteiger partial charge >= 0.3 is 12.1 Å². The van der Waals surface area contributed by atoms with E-state index in [1.54, 1.807) is 13.8 Å². The maximum atomic E-state index is 12.6. The molecule has 0 saturated heterocycles. The second kappa shape index (κ2) is 10.3. The summed E-state index contributed by atoms with van der Waals surface area (Å²) in [5.74, 6) is -2.31. The summed E-state index contributed by atoms with van der Waals surface area (Å²) in [6.07, 6.45) is -0.883. The molecule has 0 saturated carbocycles. The molecule has 2 atom stereocenters. The molecule has 8 heteroatoms. The molecule has 0 fully saturated rings. The molecule has 3 rings (SSSR count). The Hall–Kier alpha value is -3.39. The van der Waals surface area contributed by atoms with E-state index in [1.165, 1.54) is 0 Å². The number of nitrogens with one attached hydrogen (secondary N) is 2. The summed E-state index contributed by atoms with van der Waals surface area (Å²) in [4.78, 5) is 36.3. The van der Waals surface area contributed by atoms with Gasteiger partial charge in [-0.15, -0.1) is 0 Å². The summed E-state index contributed by atoms with van der Waals surface area (Å²) >= 11 is 0. The Morgan fingerprint density at radius 3 is 2.03 bits per heavy atom. The Bertz CT molecular complexity index is 944. The predicted molar refractivity (Wildman–Crippen MR) is 118 cm³/mol. The smallest absolute Gasteiger partial charge is 0.407 e. The minimum absolute atomic E-state index is 0.106. The van der Waals surface area contributed by atoms with Crippen LogP contribution in [0.4, 0.5) is 4.79 Å². The molecule has 0 spiro atoms. The van der Waals surface area contributed by atoms with Gasteiger partial charge in [0.2, 0.25) is 5.91 Å². The largest absolute Gasteiger partial charge is 0.480 e. The molecule has 2 amide bonds. The van der Waals surface area contributed by atoms with Crippen molar-refractivity contribution in [2.24, 2.45) is 5.92 Å². The second-order valence-corrected chi connectivity index (χ2v) is 8.10. The van der Waals surface area contributed by atoms with E-state index >= 15 is 0 Å². The summed E-state index contributed by atoms with van der Waals surface area (Å²) in [6, 6.07) is 13.7. The maximum Gasteiger partial charge on any atom is 0.407 e. The van der Waals surface area contributed by atoms with Crippen LogP contribution in [0.3, 0.4) is 0 Å². The minimum atomic E-state index is -1.25. The van der Waals surface area contributed by atoms with Gasteiger partial charge in [0.25, 0.3) is 0 Å². The zero-order chi connectivity index (χ0) is 23.3. The normalized spacial score (nSPS) is 14.2. The number of hydrogen-bond donors (Lipinski definition) is 4. The van der Waals surface area contributed by atoms with Crippen molar-refractivity contribution < 1.29 is 29.3 Å². The molecule has 170 valence electrons. The lowest BCUT2D eigenvalue weighted by Gasteiger charge is -2.24. The molecule has 0 aliphatic heterocycles. The summed E-state index contributed by atoms with van der Waals surface area (Å²) in [5.41, 5.74) is 4.38. The van der Waals surface area contributed by atoms with Crippen LogP contribution in [-0.4, -0.2) is 53.5 Å². The number of aliphatic hydroxyl groups is 1. The Morgan fingerprint density at radius 1 is 0.969 bits per heavy atom. The van der Waals surface area contributed by atoms with E-state index in [1.807, 2.05) is 48.5 Å². The number of aliphatic hydroxyl groups excluding tert-OH is 1. The first-order valence-corrected chi connectivity index (χ1v) is 10.6. The molecule has 2 aromatic rings. The number of hydrogen-bond acceptors (Lipinski definition) is 5. The highest BCUT2D eigenvalue weighted by Crippen LogP contribution is 2.44. The second-order valence-electron chi connectivity index (χ2n) is 8.10. The highest BCUT2D eigenvalue weighted by atomic mass is 16.5. The third-order valence-corrected chi connectivity index (χ3v) is 5.60. The number of ether oxygens (including phenoxy) is 1. The number of carbonyl (C=O) groups excluding carboxylic acids is 2. The van der Waals surface area contributed by atoms with Gasteiger partial charge in [0.1, 0.15) is 18.7 Å². The van der Waals surface area contributed by atoms with Crippen molar-refractivity contribution in [3.8, 4) is 11.1 Å². The van der Waals surface area contributed by atoms with Gasteiger partial charge in [0.15, 0.2) is 0 Å². The molecule has 0 bridgehead atoms. The number of carboxylic acid groups (broad SMARTS) is 1. The van der Waals surface area contributed by atoms with Crippen molar-refractivity contribution in [2.45, 2.75) is 38.3 Å². The molecule has 0 radical (unpaired) electrons. The first-order valence-electron chi connectivity index (χ1n) is 10.6. The van der Waals surface area contributed by atoms with E-state index in [-0.39, 0.29) is 31.5 Å². The number of carbonyl (C=O) groups is 3. The predicted octanol–water partition coefficient (Wildman–Crippen LogP) is 2.50. The highest BCUT2D eigenvalue weighted by Gasteiger charge is 2.31. The van der Waals surface area contributed by atoms with Crippen LogP contribution in [0.25, 0.3) is 11.1 Å². The third kappa shape index (κ3) is 5.08. The number of benzene rings is 2. The average Bonchev–Trinajstić information content (AvgIpc) is 3.09. The number of aliphatic carboxylic acids is 1. The molecule has 1 aliphatic carbocycles. The lowest BCUT2D eigenvalue weighted by molar-refractivity contribution is -0.142. The lowest BCUT2D eigenvalue weighted by atomic mass is 9.98. The number of rotatable bonds is 9. The molecule has 0 heterocycles. The number of alkyl carbamates (subject to hydrolysis) is 1. The molecule has 2 aromatic carbocycles. The standard InChI is InChI=1S/C24H28N2O6/c1-14(2)21(22(28)25-20(11-12-27)23(29)30)26-24(31)32-13-19-17-9-5-3-7-15(17)16-8-4-6-10-18(16)19/h3-10,14,19-21,27H,11-13H2,1-2H3,(H,25,28)(H,26,31)(H,29,30)/t20?,21-/m1/s1. The quantitative estimate of drug-likeness (QED) is 0.475. The molecule has 4 N–H and O–H groups in total. The van der Waals surface area contributed by atoms with E-state index in [9.17, 15) is 19.5 Å². The van der Waals surface area contributed by atoms with Gasteiger partial charge < -0.3 is 25.6 Å². The molecule has 1 aliphatic rings. The van der Waals surface area contributed by atoms with Crippen molar-refractivity contribution >= 4 is 18.0 Å². The zero-order valence-corrected chi connectivity index (χ0v) is 18.1. The van der Waals surface area contributed by atoms with Gasteiger partial charge in [-0.05, 0) is 28.2 Å². The first-order chi connectivity index (χ1) is 15.3. The maximum absolute atomic E-state index is 12.6. The number of amides is 2. The van der Waals surface area contributed by atoms with Gasteiger partial charge in [0, 0.05) is 18.9 Å². The number of carboxylic acids is 1. The summed E-state index contributed by atoms with van der Waals surface area (Å²) in [5, 5.41) is 23.1. The van der Waals surface area contributed by atoms with Crippen LogP contribution in [0.2, 0.25) is 0 Å². The van der Waals surface area contributed by atoms with Gasteiger partial charge in [-0.1, -0.05) is 62.4 Å². The Balaban J connectivity index is 1.65. The minimum Gasteiger partial charge on any atom is -0.480 e. The summed E-state index contributed by atoms with van der Waals surface area (Å²) < 4.78 is 5.48. The van der Waals surface area contributed by atoms with Crippen molar-refractivity contribution in [1.82, 2.24) is 10.6 Å². The molecular weight excluding hydrogens is 412 g/mol. The monoisotopic (exact) mass is 440 g/mol. The summed E-state index contributed by atoms with van der Waals surface area (Å²) in [7, 11) is 0. The third-order valence-electron chi connectivity index (χ3n) is 5.60. The van der Waals surface area contributed by atoms with Crippen molar-refractivity contribution in [1.29, 1.82) is 0 Å². The fraction of sp³-hybridized carbons (Fsp3) is 0.375. The van der Waals surface area contributed by atoms with Crippen molar-refractivity contribution in [3.63, 3.8) is 0 Å². The molecule has 8 nitrogen and oxygen atoms in total. The van der Waals surface area contributed by atoms with E-state index < -0.39 is 30.1 Å². The van der Waals surface area contributed by atoms with Gasteiger partial charge in [-0.2, -0.15) is 0 Å².